The number of ether oxygens (including phenoxy) is 3. The molecule has 0 spiro atoms. The lowest BCUT2D eigenvalue weighted by atomic mass is 10.0. The zero-order valence-corrected chi connectivity index (χ0v) is 51.4. The van der Waals surface area contributed by atoms with Crippen molar-refractivity contribution in [2.45, 2.75) is 412 Å². The minimum absolute atomic E-state index is 0.0607. The van der Waals surface area contributed by atoms with Gasteiger partial charge in [-0.05, 0) is 19.3 Å². The van der Waals surface area contributed by atoms with Crippen molar-refractivity contribution in [3.05, 3.63) is 0 Å². The molecule has 0 saturated heterocycles. The van der Waals surface area contributed by atoms with Crippen LogP contribution in [0.25, 0.3) is 0 Å². The topological polar surface area (TPSA) is 78.9 Å². The lowest BCUT2D eigenvalue weighted by Gasteiger charge is -2.18. The molecule has 0 saturated carbocycles. The minimum atomic E-state index is -0.762. The molecule has 0 heterocycles. The monoisotopic (exact) mass is 1060 g/mol. The van der Waals surface area contributed by atoms with Crippen molar-refractivity contribution in [1.82, 2.24) is 0 Å². The molecule has 0 aromatic heterocycles. The van der Waals surface area contributed by atoms with E-state index in [0.29, 0.717) is 19.3 Å². The van der Waals surface area contributed by atoms with Gasteiger partial charge in [-0.25, -0.2) is 0 Å². The zero-order valence-electron chi connectivity index (χ0n) is 51.4. The Bertz CT molecular complexity index is 1120. The standard InChI is InChI=1S/C69H134O6/c1-4-7-10-13-16-19-22-24-26-28-29-30-31-32-33-34-35-36-37-38-39-40-41-43-44-47-50-53-56-59-62-68(71)74-65-66(64-73-67(70)61-58-55-52-49-46-21-18-15-12-9-6-3)75-69(72)63-60-57-54-51-48-45-42-27-25-23-20-17-14-11-8-5-2/h66H,4-65H2,1-3H3. The van der Waals surface area contributed by atoms with E-state index in [1.54, 1.807) is 0 Å². The van der Waals surface area contributed by atoms with Crippen LogP contribution >= 0.6 is 0 Å². The molecule has 0 aliphatic heterocycles. The third-order valence-electron chi connectivity index (χ3n) is 16.1. The minimum Gasteiger partial charge on any atom is -0.462 e. The van der Waals surface area contributed by atoms with E-state index in [9.17, 15) is 14.4 Å². The van der Waals surface area contributed by atoms with Crippen LogP contribution in [0.5, 0.6) is 0 Å². The van der Waals surface area contributed by atoms with Crippen LogP contribution in [0.3, 0.4) is 0 Å². The van der Waals surface area contributed by atoms with E-state index in [1.807, 2.05) is 0 Å². The molecule has 1 unspecified atom stereocenters. The first-order chi connectivity index (χ1) is 37.0. The largest absolute Gasteiger partial charge is 0.462 e. The summed E-state index contributed by atoms with van der Waals surface area (Å²) in [7, 11) is 0. The predicted octanol–water partition coefficient (Wildman–Crippen LogP) is 23.5. The second kappa shape index (κ2) is 64.9. The van der Waals surface area contributed by atoms with Gasteiger partial charge in [0.05, 0.1) is 0 Å². The summed E-state index contributed by atoms with van der Waals surface area (Å²) in [5.41, 5.74) is 0. The van der Waals surface area contributed by atoms with Crippen LogP contribution in [0, 0.1) is 0 Å². The second-order valence-corrected chi connectivity index (χ2v) is 23.8. The number of esters is 3. The summed E-state index contributed by atoms with van der Waals surface area (Å²) in [5, 5.41) is 0. The summed E-state index contributed by atoms with van der Waals surface area (Å²) in [6.07, 6.45) is 75.7. The lowest BCUT2D eigenvalue weighted by molar-refractivity contribution is -0.167. The Morgan fingerprint density at radius 1 is 0.213 bits per heavy atom. The van der Waals surface area contributed by atoms with E-state index in [4.69, 9.17) is 14.2 Å². The number of unbranched alkanes of at least 4 members (excludes halogenated alkanes) is 54. The third-order valence-corrected chi connectivity index (χ3v) is 16.1. The van der Waals surface area contributed by atoms with E-state index >= 15 is 0 Å². The number of carbonyl (C=O) groups is 3. The molecular formula is C69H134O6. The van der Waals surface area contributed by atoms with Gasteiger partial charge in [-0.15, -0.1) is 0 Å². The molecule has 0 N–H and O–H groups in total. The van der Waals surface area contributed by atoms with E-state index < -0.39 is 6.10 Å². The summed E-state index contributed by atoms with van der Waals surface area (Å²) >= 11 is 0. The Morgan fingerprint density at radius 2 is 0.360 bits per heavy atom. The van der Waals surface area contributed by atoms with E-state index in [2.05, 4.69) is 20.8 Å². The van der Waals surface area contributed by atoms with Crippen LogP contribution in [0.2, 0.25) is 0 Å². The molecule has 0 aromatic carbocycles. The molecule has 0 bridgehead atoms. The Morgan fingerprint density at radius 3 is 0.533 bits per heavy atom. The van der Waals surface area contributed by atoms with Gasteiger partial charge < -0.3 is 14.2 Å². The molecule has 6 nitrogen and oxygen atoms in total. The summed E-state index contributed by atoms with van der Waals surface area (Å²) in [6, 6.07) is 0. The molecule has 0 rings (SSSR count). The van der Waals surface area contributed by atoms with Crippen LogP contribution in [-0.2, 0) is 28.6 Å². The van der Waals surface area contributed by atoms with Crippen molar-refractivity contribution in [3.8, 4) is 0 Å². The van der Waals surface area contributed by atoms with Gasteiger partial charge in [-0.2, -0.15) is 0 Å². The molecule has 446 valence electrons. The van der Waals surface area contributed by atoms with Crippen molar-refractivity contribution >= 4 is 17.9 Å². The lowest BCUT2D eigenvalue weighted by Crippen LogP contribution is -2.30. The fourth-order valence-corrected chi connectivity index (χ4v) is 10.9. The first-order valence-electron chi connectivity index (χ1n) is 34.5. The molecule has 0 amide bonds. The van der Waals surface area contributed by atoms with Gasteiger partial charge in [0.15, 0.2) is 6.10 Å². The van der Waals surface area contributed by atoms with Gasteiger partial charge in [-0.3, -0.25) is 14.4 Å². The zero-order chi connectivity index (χ0) is 54.3. The Labute approximate surface area is 469 Å². The molecule has 6 heteroatoms. The summed E-state index contributed by atoms with van der Waals surface area (Å²) in [4.78, 5) is 38.3. The maximum absolute atomic E-state index is 12.9. The van der Waals surface area contributed by atoms with Gasteiger partial charge in [0.1, 0.15) is 13.2 Å². The maximum Gasteiger partial charge on any atom is 0.306 e. The van der Waals surface area contributed by atoms with Crippen molar-refractivity contribution < 1.29 is 28.6 Å². The Hall–Kier alpha value is -1.59. The average molecular weight is 1060 g/mol. The SMILES string of the molecule is CCCCCCCCCCCCCCCCCCCCCCCCCCCCCCCCC(=O)OCC(COC(=O)CCCCCCCCCCCCC)OC(=O)CCCCCCCCCCCCCCCCCC. The van der Waals surface area contributed by atoms with Crippen molar-refractivity contribution in [3.63, 3.8) is 0 Å². The fourth-order valence-electron chi connectivity index (χ4n) is 10.9. The highest BCUT2D eigenvalue weighted by atomic mass is 16.6. The molecule has 75 heavy (non-hydrogen) atoms. The van der Waals surface area contributed by atoms with Crippen LogP contribution in [0.4, 0.5) is 0 Å². The summed E-state index contributed by atoms with van der Waals surface area (Å²) in [5.74, 6) is -0.826. The van der Waals surface area contributed by atoms with Gasteiger partial charge in [0, 0.05) is 19.3 Å². The van der Waals surface area contributed by atoms with Gasteiger partial charge >= 0.3 is 17.9 Å². The van der Waals surface area contributed by atoms with E-state index in [-0.39, 0.29) is 31.1 Å². The predicted molar refractivity (Wildman–Crippen MR) is 326 cm³/mol. The molecule has 0 aliphatic carbocycles. The molecular weight excluding hydrogens is 925 g/mol. The quantitative estimate of drug-likeness (QED) is 0.0343. The first-order valence-corrected chi connectivity index (χ1v) is 34.5. The molecule has 0 aliphatic rings. The highest BCUT2D eigenvalue weighted by Crippen LogP contribution is 2.19. The van der Waals surface area contributed by atoms with Crippen LogP contribution in [0.15, 0.2) is 0 Å². The van der Waals surface area contributed by atoms with Crippen molar-refractivity contribution in [2.75, 3.05) is 13.2 Å². The molecule has 1 atom stereocenters. The van der Waals surface area contributed by atoms with Gasteiger partial charge in [0.2, 0.25) is 0 Å². The van der Waals surface area contributed by atoms with Crippen molar-refractivity contribution in [1.29, 1.82) is 0 Å². The maximum atomic E-state index is 12.9. The summed E-state index contributed by atoms with van der Waals surface area (Å²) < 4.78 is 16.9. The number of hydrogen-bond acceptors (Lipinski definition) is 6. The average Bonchev–Trinajstić information content (AvgIpc) is 3.41. The third kappa shape index (κ3) is 63.1. The van der Waals surface area contributed by atoms with Crippen LogP contribution in [-0.4, -0.2) is 37.2 Å². The highest BCUT2D eigenvalue weighted by molar-refractivity contribution is 5.71. The summed E-state index contributed by atoms with van der Waals surface area (Å²) in [6.45, 7) is 6.72. The fraction of sp³-hybridized carbons (Fsp3) is 0.957. The smallest absolute Gasteiger partial charge is 0.306 e. The highest BCUT2D eigenvalue weighted by Gasteiger charge is 2.19. The number of rotatable bonds is 65. The number of hydrogen-bond donors (Lipinski definition) is 0. The number of carbonyl (C=O) groups excluding carboxylic acids is 3. The molecule has 0 aromatic rings. The van der Waals surface area contributed by atoms with E-state index in [0.717, 1.165) is 57.8 Å². The van der Waals surface area contributed by atoms with Gasteiger partial charge in [-0.1, -0.05) is 367 Å². The molecule has 0 radical (unpaired) electrons. The van der Waals surface area contributed by atoms with Crippen LogP contribution < -0.4 is 0 Å². The Kier molecular flexibility index (Phi) is 63.6. The van der Waals surface area contributed by atoms with Gasteiger partial charge in [0.25, 0.3) is 0 Å². The van der Waals surface area contributed by atoms with Crippen molar-refractivity contribution in [2.24, 2.45) is 0 Å². The normalized spacial score (nSPS) is 11.9. The van der Waals surface area contributed by atoms with E-state index in [1.165, 1.54) is 308 Å². The van der Waals surface area contributed by atoms with Crippen LogP contribution in [0.1, 0.15) is 406 Å². The first kappa shape index (κ1) is 73.4. The molecule has 0 fully saturated rings. The Balaban J connectivity index is 4.06. The second-order valence-electron chi connectivity index (χ2n) is 23.8.